The summed E-state index contributed by atoms with van der Waals surface area (Å²) in [7, 11) is 0. The Hall–Kier alpha value is -1.40. The normalized spacial score (nSPS) is 12.1. The standard InChI is InChI=1S/C9H11N3/c1-7-2-3-9(12-6-7)8(11)4-5-10/h2-3,6,8H,4,11H2,1H3/t8-/m0/s1. The number of nitrogens with two attached hydrogens (primary N) is 1. The van der Waals surface area contributed by atoms with Gasteiger partial charge in [0.1, 0.15) is 0 Å². The fourth-order valence-corrected chi connectivity index (χ4v) is 0.901. The van der Waals surface area contributed by atoms with E-state index in [1.165, 1.54) is 0 Å². The molecule has 3 heteroatoms. The average molecular weight is 161 g/mol. The van der Waals surface area contributed by atoms with Crippen LogP contribution in [-0.2, 0) is 0 Å². The first-order valence-electron chi connectivity index (χ1n) is 3.79. The lowest BCUT2D eigenvalue weighted by Gasteiger charge is -2.05. The van der Waals surface area contributed by atoms with Gasteiger partial charge in [0, 0.05) is 6.20 Å². The van der Waals surface area contributed by atoms with Gasteiger partial charge in [0.25, 0.3) is 0 Å². The van der Waals surface area contributed by atoms with E-state index in [1.54, 1.807) is 6.20 Å². The number of aromatic nitrogens is 1. The molecule has 1 atom stereocenters. The first-order chi connectivity index (χ1) is 5.74. The molecule has 0 aliphatic carbocycles. The molecule has 12 heavy (non-hydrogen) atoms. The van der Waals surface area contributed by atoms with Crippen molar-refractivity contribution in [1.82, 2.24) is 4.98 Å². The second-order valence-corrected chi connectivity index (χ2v) is 2.73. The number of hydrogen-bond acceptors (Lipinski definition) is 3. The van der Waals surface area contributed by atoms with Crippen LogP contribution in [0.15, 0.2) is 18.3 Å². The predicted molar refractivity (Wildman–Crippen MR) is 46.1 cm³/mol. The first kappa shape index (κ1) is 8.69. The monoisotopic (exact) mass is 161 g/mol. The average Bonchev–Trinajstić information content (AvgIpc) is 2.06. The lowest BCUT2D eigenvalue weighted by Crippen LogP contribution is -2.10. The van der Waals surface area contributed by atoms with Crippen molar-refractivity contribution >= 4 is 0 Å². The fourth-order valence-electron chi connectivity index (χ4n) is 0.901. The largest absolute Gasteiger partial charge is 0.322 e. The maximum absolute atomic E-state index is 8.39. The second kappa shape index (κ2) is 3.84. The highest BCUT2D eigenvalue weighted by molar-refractivity contribution is 5.15. The molecule has 0 bridgehead atoms. The van der Waals surface area contributed by atoms with Crippen molar-refractivity contribution in [1.29, 1.82) is 5.26 Å². The molecule has 0 aromatic carbocycles. The third-order valence-corrected chi connectivity index (χ3v) is 1.63. The van der Waals surface area contributed by atoms with Crippen molar-refractivity contribution in [3.05, 3.63) is 29.6 Å². The minimum absolute atomic E-state index is 0.254. The molecule has 0 unspecified atom stereocenters. The molecule has 2 N–H and O–H groups in total. The highest BCUT2D eigenvalue weighted by atomic mass is 14.8. The van der Waals surface area contributed by atoms with E-state index in [1.807, 2.05) is 25.1 Å². The first-order valence-corrected chi connectivity index (χ1v) is 3.79. The minimum atomic E-state index is -0.254. The van der Waals surface area contributed by atoms with Crippen LogP contribution in [0.2, 0.25) is 0 Å². The maximum Gasteiger partial charge on any atom is 0.0642 e. The summed E-state index contributed by atoms with van der Waals surface area (Å²) in [4.78, 5) is 4.12. The summed E-state index contributed by atoms with van der Waals surface area (Å²) in [6.07, 6.45) is 2.07. The van der Waals surface area contributed by atoms with Gasteiger partial charge in [-0.1, -0.05) is 6.07 Å². The van der Waals surface area contributed by atoms with Gasteiger partial charge in [-0.15, -0.1) is 0 Å². The Morgan fingerprint density at radius 1 is 1.67 bits per heavy atom. The van der Waals surface area contributed by atoms with Gasteiger partial charge in [0.05, 0.1) is 24.2 Å². The van der Waals surface area contributed by atoms with E-state index in [0.717, 1.165) is 11.3 Å². The van der Waals surface area contributed by atoms with E-state index in [-0.39, 0.29) is 6.04 Å². The molecule has 0 fully saturated rings. The minimum Gasteiger partial charge on any atom is -0.322 e. The van der Waals surface area contributed by atoms with E-state index >= 15 is 0 Å². The molecule has 0 aliphatic heterocycles. The van der Waals surface area contributed by atoms with E-state index in [0.29, 0.717) is 6.42 Å². The zero-order valence-electron chi connectivity index (χ0n) is 6.99. The number of rotatable bonds is 2. The maximum atomic E-state index is 8.39. The van der Waals surface area contributed by atoms with Crippen LogP contribution in [0.1, 0.15) is 23.7 Å². The zero-order valence-corrected chi connectivity index (χ0v) is 6.99. The van der Waals surface area contributed by atoms with E-state index < -0.39 is 0 Å². The zero-order chi connectivity index (χ0) is 8.97. The smallest absolute Gasteiger partial charge is 0.0642 e. The highest BCUT2D eigenvalue weighted by Gasteiger charge is 2.04. The van der Waals surface area contributed by atoms with Crippen LogP contribution in [0, 0.1) is 18.3 Å². The highest BCUT2D eigenvalue weighted by Crippen LogP contribution is 2.10. The topological polar surface area (TPSA) is 62.7 Å². The molecule has 0 radical (unpaired) electrons. The van der Waals surface area contributed by atoms with E-state index in [4.69, 9.17) is 11.0 Å². The molecular formula is C9H11N3. The van der Waals surface area contributed by atoms with Gasteiger partial charge >= 0.3 is 0 Å². The van der Waals surface area contributed by atoms with Crippen molar-refractivity contribution < 1.29 is 0 Å². The summed E-state index contributed by atoms with van der Waals surface area (Å²) in [5.41, 5.74) is 7.55. The molecule has 0 amide bonds. The third-order valence-electron chi connectivity index (χ3n) is 1.63. The Morgan fingerprint density at radius 3 is 2.92 bits per heavy atom. The van der Waals surface area contributed by atoms with Gasteiger partial charge in [-0.25, -0.2) is 0 Å². The van der Waals surface area contributed by atoms with Crippen LogP contribution < -0.4 is 5.73 Å². The molecule has 62 valence electrons. The molecule has 0 aliphatic rings. The van der Waals surface area contributed by atoms with Crippen molar-refractivity contribution in [2.75, 3.05) is 0 Å². The van der Waals surface area contributed by atoms with Gasteiger partial charge in [0.2, 0.25) is 0 Å². The lowest BCUT2D eigenvalue weighted by atomic mass is 10.1. The molecule has 3 nitrogen and oxygen atoms in total. The summed E-state index contributed by atoms with van der Waals surface area (Å²) in [6.45, 7) is 1.96. The number of pyridine rings is 1. The van der Waals surface area contributed by atoms with Crippen LogP contribution in [-0.4, -0.2) is 4.98 Å². The quantitative estimate of drug-likeness (QED) is 0.711. The third kappa shape index (κ3) is 2.04. The summed E-state index contributed by atoms with van der Waals surface area (Å²) in [5, 5.41) is 8.39. The summed E-state index contributed by atoms with van der Waals surface area (Å²) < 4.78 is 0. The summed E-state index contributed by atoms with van der Waals surface area (Å²) in [6, 6.07) is 5.56. The lowest BCUT2D eigenvalue weighted by molar-refractivity contribution is 0.719. The molecule has 1 heterocycles. The van der Waals surface area contributed by atoms with Crippen molar-refractivity contribution in [2.45, 2.75) is 19.4 Å². The van der Waals surface area contributed by atoms with Gasteiger partial charge in [-0.3, -0.25) is 4.98 Å². The van der Waals surface area contributed by atoms with E-state index in [2.05, 4.69) is 4.98 Å². The van der Waals surface area contributed by atoms with Gasteiger partial charge < -0.3 is 5.73 Å². The Labute approximate surface area is 71.8 Å². The van der Waals surface area contributed by atoms with Crippen LogP contribution in [0.5, 0.6) is 0 Å². The number of nitriles is 1. The molecule has 1 rings (SSSR count). The summed E-state index contributed by atoms with van der Waals surface area (Å²) in [5.74, 6) is 0. The van der Waals surface area contributed by atoms with Crippen LogP contribution in [0.4, 0.5) is 0 Å². The Balaban J connectivity index is 2.76. The van der Waals surface area contributed by atoms with Crippen LogP contribution in [0.3, 0.4) is 0 Å². The van der Waals surface area contributed by atoms with Gasteiger partial charge in [0.15, 0.2) is 0 Å². The molecule has 1 aromatic rings. The number of hydrogen-bond donors (Lipinski definition) is 1. The summed E-state index contributed by atoms with van der Waals surface area (Å²) >= 11 is 0. The van der Waals surface area contributed by atoms with Gasteiger partial charge in [-0.05, 0) is 18.6 Å². The molecule has 0 spiro atoms. The second-order valence-electron chi connectivity index (χ2n) is 2.73. The molecule has 1 aromatic heterocycles. The van der Waals surface area contributed by atoms with Gasteiger partial charge in [-0.2, -0.15) is 5.26 Å². The van der Waals surface area contributed by atoms with Crippen LogP contribution in [0.25, 0.3) is 0 Å². The van der Waals surface area contributed by atoms with Crippen molar-refractivity contribution in [2.24, 2.45) is 5.73 Å². The number of aryl methyl sites for hydroxylation is 1. The van der Waals surface area contributed by atoms with Crippen molar-refractivity contribution in [3.8, 4) is 6.07 Å². The Bertz CT molecular complexity index is 284. The van der Waals surface area contributed by atoms with E-state index in [9.17, 15) is 0 Å². The Kier molecular flexibility index (Phi) is 2.78. The molecular weight excluding hydrogens is 150 g/mol. The Morgan fingerprint density at radius 2 is 2.42 bits per heavy atom. The fraction of sp³-hybridized carbons (Fsp3) is 0.333. The molecule has 0 saturated carbocycles. The predicted octanol–water partition coefficient (Wildman–Crippen LogP) is 1.30. The van der Waals surface area contributed by atoms with Crippen LogP contribution >= 0.6 is 0 Å². The SMILES string of the molecule is Cc1ccc([C@@H](N)CC#N)nc1. The van der Waals surface area contributed by atoms with Crippen molar-refractivity contribution in [3.63, 3.8) is 0 Å². The number of nitrogens with zero attached hydrogens (tertiary/aromatic N) is 2. The molecule has 0 saturated heterocycles.